The second-order valence-electron chi connectivity index (χ2n) is 9.11. The van der Waals surface area contributed by atoms with Gasteiger partial charge < -0.3 is 15.3 Å². The van der Waals surface area contributed by atoms with E-state index in [4.69, 9.17) is 0 Å². The number of carbonyl (C=O) groups is 2. The lowest BCUT2D eigenvalue weighted by molar-refractivity contribution is -0.178. The van der Waals surface area contributed by atoms with Gasteiger partial charge in [0.15, 0.2) is 0 Å². The van der Waals surface area contributed by atoms with Gasteiger partial charge in [0.05, 0.1) is 11.0 Å². The molecule has 0 amide bonds. The first-order valence-electron chi connectivity index (χ1n) is 9.21. The van der Waals surface area contributed by atoms with E-state index in [0.29, 0.717) is 12.3 Å². The van der Waals surface area contributed by atoms with Crippen LogP contribution in [0.2, 0.25) is 0 Å². The van der Waals surface area contributed by atoms with Crippen LogP contribution in [-0.2, 0) is 9.59 Å². The molecule has 136 valence electrons. The fourth-order valence-corrected chi connectivity index (χ4v) is 6.53. The largest absolute Gasteiger partial charge is 0.481 e. The van der Waals surface area contributed by atoms with Gasteiger partial charge in [0.1, 0.15) is 0 Å². The van der Waals surface area contributed by atoms with Crippen LogP contribution in [0.1, 0.15) is 65.7 Å². The number of carboxylic acid groups (broad SMARTS) is 2. The first-order valence-corrected chi connectivity index (χ1v) is 9.21. The maximum absolute atomic E-state index is 12.2. The molecule has 24 heavy (non-hydrogen) atoms. The zero-order chi connectivity index (χ0) is 17.9. The third kappa shape index (κ3) is 2.23. The van der Waals surface area contributed by atoms with E-state index in [1.54, 1.807) is 6.92 Å². The van der Waals surface area contributed by atoms with E-state index in [9.17, 15) is 24.9 Å². The van der Waals surface area contributed by atoms with E-state index in [1.165, 1.54) is 0 Å². The summed E-state index contributed by atoms with van der Waals surface area (Å²) in [6.45, 7) is 5.87. The molecule has 0 aromatic carbocycles. The smallest absolute Gasteiger partial charge is 0.309 e. The lowest BCUT2D eigenvalue weighted by atomic mass is 9.46. The highest BCUT2D eigenvalue weighted by Gasteiger charge is 2.64. The van der Waals surface area contributed by atoms with Crippen LogP contribution in [0, 0.1) is 34.5 Å². The third-order valence-corrected chi connectivity index (χ3v) is 8.35. The van der Waals surface area contributed by atoms with E-state index in [2.05, 4.69) is 6.92 Å². The molecule has 4 unspecified atom stereocenters. The molecule has 5 heteroatoms. The zero-order valence-electron chi connectivity index (χ0n) is 14.9. The van der Waals surface area contributed by atoms with E-state index >= 15 is 0 Å². The van der Waals surface area contributed by atoms with Gasteiger partial charge in [-0.1, -0.05) is 6.92 Å². The number of hydrogen-bond donors (Lipinski definition) is 3. The van der Waals surface area contributed by atoms with Crippen LogP contribution in [0.4, 0.5) is 0 Å². The van der Waals surface area contributed by atoms with Gasteiger partial charge in [-0.05, 0) is 81.5 Å². The van der Waals surface area contributed by atoms with Crippen molar-refractivity contribution in [2.45, 2.75) is 71.3 Å². The molecular formula is C19H30O5. The molecule has 3 aliphatic carbocycles. The van der Waals surface area contributed by atoms with Crippen LogP contribution in [-0.4, -0.2) is 32.9 Å². The number of fused-ring (bicyclic) bond motifs is 3. The quantitative estimate of drug-likeness (QED) is 0.735. The van der Waals surface area contributed by atoms with E-state index in [0.717, 1.165) is 32.1 Å². The number of aliphatic hydroxyl groups is 1. The van der Waals surface area contributed by atoms with Crippen molar-refractivity contribution in [2.24, 2.45) is 34.5 Å². The van der Waals surface area contributed by atoms with Gasteiger partial charge in [0, 0.05) is 6.42 Å². The average Bonchev–Trinajstić information content (AvgIpc) is 2.72. The van der Waals surface area contributed by atoms with Gasteiger partial charge in [-0.2, -0.15) is 0 Å². The summed E-state index contributed by atoms with van der Waals surface area (Å²) in [5.74, 6) is -1.42. The molecule has 3 N–H and O–H groups in total. The Morgan fingerprint density at radius 3 is 2.17 bits per heavy atom. The highest BCUT2D eigenvalue weighted by atomic mass is 16.4. The van der Waals surface area contributed by atoms with Crippen molar-refractivity contribution >= 4 is 11.9 Å². The van der Waals surface area contributed by atoms with E-state index in [-0.39, 0.29) is 29.6 Å². The number of aliphatic carboxylic acids is 2. The molecule has 0 aromatic rings. The lowest BCUT2D eigenvalue weighted by Crippen LogP contribution is -2.57. The Labute approximate surface area is 143 Å². The SMILES string of the molecule is C[C@]1(C(=O)O)C(CC(=O)O)CCC2C1CC[C@@]1(C)C2CC[C@]1(C)O. The summed E-state index contributed by atoms with van der Waals surface area (Å²) in [6.07, 6.45) is 4.81. The van der Waals surface area contributed by atoms with E-state index in [1.807, 2.05) is 6.92 Å². The minimum atomic E-state index is -0.975. The number of hydrogen-bond acceptors (Lipinski definition) is 3. The fourth-order valence-electron chi connectivity index (χ4n) is 6.53. The van der Waals surface area contributed by atoms with Crippen molar-refractivity contribution in [2.75, 3.05) is 0 Å². The Bertz CT molecular complexity index is 556. The van der Waals surface area contributed by atoms with Crippen molar-refractivity contribution in [3.63, 3.8) is 0 Å². The predicted octanol–water partition coefficient (Wildman–Crippen LogP) is 3.16. The summed E-state index contributed by atoms with van der Waals surface area (Å²) in [4.78, 5) is 23.4. The zero-order valence-corrected chi connectivity index (χ0v) is 14.9. The summed E-state index contributed by atoms with van der Waals surface area (Å²) in [5, 5.41) is 30.0. The minimum absolute atomic E-state index is 0.0140. The summed E-state index contributed by atoms with van der Waals surface area (Å²) < 4.78 is 0. The molecular weight excluding hydrogens is 308 g/mol. The average molecular weight is 338 g/mol. The summed E-state index contributed by atoms with van der Waals surface area (Å²) >= 11 is 0. The van der Waals surface area contributed by atoms with Crippen molar-refractivity contribution in [3.05, 3.63) is 0 Å². The molecule has 0 heterocycles. The van der Waals surface area contributed by atoms with Gasteiger partial charge in [0.25, 0.3) is 0 Å². The minimum Gasteiger partial charge on any atom is -0.481 e. The first kappa shape index (κ1) is 17.7. The second kappa shape index (κ2) is 5.45. The lowest BCUT2D eigenvalue weighted by Gasteiger charge is -2.58. The highest BCUT2D eigenvalue weighted by Crippen LogP contribution is 2.66. The topological polar surface area (TPSA) is 94.8 Å². The Kier molecular flexibility index (Phi) is 4.02. The first-order chi connectivity index (χ1) is 11.0. The van der Waals surface area contributed by atoms with Crippen LogP contribution in [0.25, 0.3) is 0 Å². The number of carboxylic acids is 2. The molecule has 3 saturated carbocycles. The Morgan fingerprint density at radius 1 is 0.958 bits per heavy atom. The molecule has 0 radical (unpaired) electrons. The van der Waals surface area contributed by atoms with Crippen molar-refractivity contribution in [1.29, 1.82) is 0 Å². The Balaban J connectivity index is 1.95. The maximum atomic E-state index is 12.2. The molecule has 5 nitrogen and oxygen atoms in total. The maximum Gasteiger partial charge on any atom is 0.309 e. The highest BCUT2D eigenvalue weighted by molar-refractivity contribution is 5.77. The van der Waals surface area contributed by atoms with Crippen LogP contribution in [0.5, 0.6) is 0 Å². The Hall–Kier alpha value is -1.10. The molecule has 7 atom stereocenters. The molecule has 0 saturated heterocycles. The number of rotatable bonds is 3. The summed E-state index contributed by atoms with van der Waals surface area (Å²) in [7, 11) is 0. The van der Waals surface area contributed by atoms with E-state index < -0.39 is 23.0 Å². The molecule has 0 aromatic heterocycles. The third-order valence-electron chi connectivity index (χ3n) is 8.35. The van der Waals surface area contributed by atoms with Crippen molar-refractivity contribution in [1.82, 2.24) is 0 Å². The van der Waals surface area contributed by atoms with Crippen LogP contribution in [0.15, 0.2) is 0 Å². The molecule has 0 spiro atoms. The van der Waals surface area contributed by atoms with Crippen LogP contribution >= 0.6 is 0 Å². The van der Waals surface area contributed by atoms with Crippen LogP contribution in [0.3, 0.4) is 0 Å². The standard InChI is InChI=1S/C19H30O5/c1-17-8-6-14-12(13(17)7-9-18(17,2)24)5-4-11(10-15(20)21)19(14,3)16(22)23/h11-14,24H,4-10H2,1-3H3,(H,20,21)(H,22,23)/t11?,12?,13?,14?,17-,18-,19-/m0/s1. The van der Waals surface area contributed by atoms with Gasteiger partial charge in [-0.25, -0.2) is 0 Å². The van der Waals surface area contributed by atoms with Gasteiger partial charge in [0.2, 0.25) is 0 Å². The van der Waals surface area contributed by atoms with Crippen LogP contribution < -0.4 is 0 Å². The second-order valence-corrected chi connectivity index (χ2v) is 9.11. The van der Waals surface area contributed by atoms with Crippen molar-refractivity contribution < 1.29 is 24.9 Å². The summed E-state index contributed by atoms with van der Waals surface area (Å²) in [5.41, 5.74) is -1.80. The van der Waals surface area contributed by atoms with Gasteiger partial charge in [-0.15, -0.1) is 0 Å². The Morgan fingerprint density at radius 2 is 1.58 bits per heavy atom. The molecule has 3 aliphatic rings. The fraction of sp³-hybridized carbons (Fsp3) is 0.895. The van der Waals surface area contributed by atoms with Crippen molar-refractivity contribution in [3.8, 4) is 0 Å². The molecule has 3 fully saturated rings. The summed E-state index contributed by atoms with van der Waals surface area (Å²) in [6, 6.07) is 0. The molecule has 3 rings (SSSR count). The predicted molar refractivity (Wildman–Crippen MR) is 88.4 cm³/mol. The normalized spacial score (nSPS) is 50.8. The molecule has 0 bridgehead atoms. The van der Waals surface area contributed by atoms with Gasteiger partial charge >= 0.3 is 11.9 Å². The molecule has 0 aliphatic heterocycles. The van der Waals surface area contributed by atoms with Gasteiger partial charge in [-0.3, -0.25) is 9.59 Å². The monoisotopic (exact) mass is 338 g/mol.